The Morgan fingerprint density at radius 1 is 1.16 bits per heavy atom. The van der Waals surface area contributed by atoms with Crippen molar-refractivity contribution in [1.82, 2.24) is 9.13 Å². The number of anilines is 3. The highest BCUT2D eigenvalue weighted by atomic mass is 19.4. The topological polar surface area (TPSA) is 51.4 Å². The third kappa shape index (κ3) is 4.21. The van der Waals surface area contributed by atoms with Gasteiger partial charge in [0.15, 0.2) is 0 Å². The summed E-state index contributed by atoms with van der Waals surface area (Å²) in [6.07, 6.45) is -4.02. The van der Waals surface area contributed by atoms with E-state index in [2.05, 4.69) is 5.32 Å². The van der Waals surface area contributed by atoms with Gasteiger partial charge in [0, 0.05) is 44.3 Å². The fourth-order valence-corrected chi connectivity index (χ4v) is 4.29. The van der Waals surface area contributed by atoms with E-state index >= 15 is 0 Å². The summed E-state index contributed by atoms with van der Waals surface area (Å²) < 4.78 is 47.4. The molecule has 0 radical (unpaired) electrons. The van der Waals surface area contributed by atoms with Crippen LogP contribution in [0.1, 0.15) is 12.0 Å². The first kappa shape index (κ1) is 22.3. The smallest absolute Gasteiger partial charge is 0.383 e. The Morgan fingerprint density at radius 3 is 2.59 bits per heavy atom. The van der Waals surface area contributed by atoms with Crippen LogP contribution < -0.4 is 15.9 Å². The summed E-state index contributed by atoms with van der Waals surface area (Å²) in [4.78, 5) is 14.3. The van der Waals surface area contributed by atoms with Crippen molar-refractivity contribution in [1.29, 1.82) is 0 Å². The van der Waals surface area contributed by atoms with Gasteiger partial charge in [-0.1, -0.05) is 0 Å². The standard InChI is InChI=1S/C23H27F3N4O2/c1-15-12-18(29-9-8-16(14-29)23(24,25)26)5-6-19(15)27-17-4-7-20-21(13-17)30(10-11-32-3)22(31)28(20)2/h4-7,12-13,16,27H,8-11,14H2,1-3H3. The molecule has 1 aliphatic heterocycles. The van der Waals surface area contributed by atoms with Gasteiger partial charge in [-0.25, -0.2) is 4.79 Å². The van der Waals surface area contributed by atoms with E-state index in [-0.39, 0.29) is 18.7 Å². The Hall–Kier alpha value is -2.94. The number of rotatable bonds is 6. The van der Waals surface area contributed by atoms with E-state index in [1.165, 1.54) is 0 Å². The molecule has 2 aromatic carbocycles. The number of benzene rings is 2. The zero-order valence-corrected chi connectivity index (χ0v) is 18.4. The maximum absolute atomic E-state index is 13.0. The molecule has 4 rings (SSSR count). The van der Waals surface area contributed by atoms with Crippen molar-refractivity contribution < 1.29 is 17.9 Å². The number of imidazole rings is 1. The Balaban J connectivity index is 1.56. The lowest BCUT2D eigenvalue weighted by Crippen LogP contribution is -2.27. The van der Waals surface area contributed by atoms with Crippen LogP contribution in [-0.4, -0.2) is 42.1 Å². The molecule has 1 fully saturated rings. The molecule has 1 aromatic heterocycles. The number of methoxy groups -OCH3 is 1. The van der Waals surface area contributed by atoms with Gasteiger partial charge in [0.25, 0.3) is 0 Å². The molecule has 1 N–H and O–H groups in total. The summed E-state index contributed by atoms with van der Waals surface area (Å²) in [6.45, 7) is 3.22. The van der Waals surface area contributed by atoms with E-state index in [1.807, 2.05) is 43.3 Å². The number of nitrogens with zero attached hydrogens (tertiary/aromatic N) is 3. The fourth-order valence-electron chi connectivity index (χ4n) is 4.29. The number of nitrogens with one attached hydrogen (secondary N) is 1. The number of alkyl halides is 3. The Labute approximate surface area is 184 Å². The number of aryl methyl sites for hydroxylation is 2. The predicted octanol–water partition coefficient (Wildman–Crippen LogP) is 4.43. The Kier molecular flexibility index (Phi) is 5.94. The molecular formula is C23H27F3N4O2. The lowest BCUT2D eigenvalue weighted by Gasteiger charge is -2.21. The van der Waals surface area contributed by atoms with Crippen LogP contribution in [0.25, 0.3) is 11.0 Å². The second kappa shape index (κ2) is 8.54. The van der Waals surface area contributed by atoms with E-state index in [9.17, 15) is 18.0 Å². The zero-order valence-electron chi connectivity index (χ0n) is 18.4. The molecule has 3 aromatic rings. The number of hydrogen-bond donors (Lipinski definition) is 1. The summed E-state index contributed by atoms with van der Waals surface area (Å²) >= 11 is 0. The Bertz CT molecular complexity index is 1180. The van der Waals surface area contributed by atoms with E-state index in [4.69, 9.17) is 4.74 Å². The molecule has 0 saturated carbocycles. The van der Waals surface area contributed by atoms with Crippen LogP contribution in [-0.2, 0) is 18.3 Å². The summed E-state index contributed by atoms with van der Waals surface area (Å²) in [5, 5.41) is 3.37. The van der Waals surface area contributed by atoms with Gasteiger partial charge < -0.3 is 15.0 Å². The summed E-state index contributed by atoms with van der Waals surface area (Å²) in [7, 11) is 3.34. The SMILES string of the molecule is COCCn1c(=O)n(C)c2ccc(Nc3ccc(N4CCC(C(F)(F)F)C4)cc3C)cc21. The minimum absolute atomic E-state index is 0.000602. The van der Waals surface area contributed by atoms with E-state index in [0.29, 0.717) is 19.7 Å². The molecule has 0 amide bonds. The lowest BCUT2D eigenvalue weighted by atomic mass is 10.1. The molecule has 1 unspecified atom stereocenters. The molecule has 0 bridgehead atoms. The molecule has 1 atom stereocenters. The van der Waals surface area contributed by atoms with Gasteiger partial charge in [-0.05, 0) is 55.3 Å². The fraction of sp³-hybridized carbons (Fsp3) is 0.435. The third-order valence-electron chi connectivity index (χ3n) is 6.17. The van der Waals surface area contributed by atoms with Crippen LogP contribution in [0.2, 0.25) is 0 Å². The number of ether oxygens (including phenoxy) is 1. The van der Waals surface area contributed by atoms with E-state index in [1.54, 1.807) is 28.2 Å². The molecule has 6 nitrogen and oxygen atoms in total. The first-order chi connectivity index (χ1) is 15.2. The minimum atomic E-state index is -4.15. The van der Waals surface area contributed by atoms with E-state index in [0.717, 1.165) is 33.7 Å². The molecule has 32 heavy (non-hydrogen) atoms. The first-order valence-electron chi connectivity index (χ1n) is 10.6. The Morgan fingerprint density at radius 2 is 1.94 bits per heavy atom. The van der Waals surface area contributed by atoms with Crippen molar-refractivity contribution in [2.45, 2.75) is 26.1 Å². The lowest BCUT2D eigenvalue weighted by molar-refractivity contribution is -0.168. The normalized spacial score (nSPS) is 16.8. The largest absolute Gasteiger partial charge is 0.393 e. The monoisotopic (exact) mass is 448 g/mol. The van der Waals surface area contributed by atoms with Gasteiger partial charge in [-0.15, -0.1) is 0 Å². The van der Waals surface area contributed by atoms with Crippen LogP contribution in [0.15, 0.2) is 41.2 Å². The van der Waals surface area contributed by atoms with Crippen LogP contribution in [0.5, 0.6) is 0 Å². The van der Waals surface area contributed by atoms with Gasteiger partial charge in [0.05, 0.1) is 30.1 Å². The van der Waals surface area contributed by atoms with Crippen molar-refractivity contribution in [3.8, 4) is 0 Å². The highest BCUT2D eigenvalue weighted by Gasteiger charge is 2.43. The van der Waals surface area contributed by atoms with Crippen molar-refractivity contribution in [2.24, 2.45) is 13.0 Å². The van der Waals surface area contributed by atoms with Crippen LogP contribution in [0.3, 0.4) is 0 Å². The van der Waals surface area contributed by atoms with Gasteiger partial charge >= 0.3 is 11.9 Å². The van der Waals surface area contributed by atoms with Gasteiger partial charge in [-0.3, -0.25) is 9.13 Å². The molecular weight excluding hydrogens is 421 g/mol. The van der Waals surface area contributed by atoms with Crippen molar-refractivity contribution in [3.63, 3.8) is 0 Å². The minimum Gasteiger partial charge on any atom is -0.383 e. The number of aromatic nitrogens is 2. The second-order valence-electron chi connectivity index (χ2n) is 8.29. The van der Waals surface area contributed by atoms with Crippen molar-refractivity contribution >= 4 is 28.1 Å². The molecule has 2 heterocycles. The zero-order chi connectivity index (χ0) is 23.0. The summed E-state index contributed by atoms with van der Waals surface area (Å²) in [5.74, 6) is -1.27. The predicted molar refractivity (Wildman–Crippen MR) is 120 cm³/mol. The molecule has 0 spiro atoms. The van der Waals surface area contributed by atoms with Crippen LogP contribution in [0.4, 0.5) is 30.2 Å². The van der Waals surface area contributed by atoms with Crippen molar-refractivity contribution in [3.05, 3.63) is 52.4 Å². The molecule has 1 aliphatic rings. The quantitative estimate of drug-likeness (QED) is 0.606. The van der Waals surface area contributed by atoms with Gasteiger partial charge in [0.2, 0.25) is 0 Å². The summed E-state index contributed by atoms with van der Waals surface area (Å²) in [5.41, 5.74) is 4.96. The van der Waals surface area contributed by atoms with Crippen LogP contribution in [0, 0.1) is 12.8 Å². The maximum atomic E-state index is 13.0. The third-order valence-corrected chi connectivity index (χ3v) is 6.17. The highest BCUT2D eigenvalue weighted by Crippen LogP contribution is 2.36. The summed E-state index contributed by atoms with van der Waals surface area (Å²) in [6, 6.07) is 11.4. The van der Waals surface area contributed by atoms with E-state index < -0.39 is 12.1 Å². The average Bonchev–Trinajstić information content (AvgIpc) is 3.33. The average molecular weight is 448 g/mol. The molecule has 172 valence electrons. The molecule has 1 saturated heterocycles. The molecule has 9 heteroatoms. The number of halogens is 3. The van der Waals surface area contributed by atoms with Crippen molar-refractivity contribution in [2.75, 3.05) is 37.0 Å². The second-order valence-corrected chi connectivity index (χ2v) is 8.29. The highest BCUT2D eigenvalue weighted by molar-refractivity contribution is 5.82. The maximum Gasteiger partial charge on any atom is 0.393 e. The number of hydrogen-bond acceptors (Lipinski definition) is 4. The first-order valence-corrected chi connectivity index (χ1v) is 10.6. The van der Waals surface area contributed by atoms with Gasteiger partial charge in [-0.2, -0.15) is 13.2 Å². The van der Waals surface area contributed by atoms with Gasteiger partial charge in [0.1, 0.15) is 0 Å². The number of fused-ring (bicyclic) bond motifs is 1. The van der Waals surface area contributed by atoms with Crippen LogP contribution >= 0.6 is 0 Å². The molecule has 0 aliphatic carbocycles.